The molecule has 0 amide bonds. The number of nitrogens with one attached hydrogen (secondary N) is 2. The number of anilines is 1. The number of aryl methyl sites for hydroxylation is 1. The van der Waals surface area contributed by atoms with Crippen molar-refractivity contribution < 1.29 is 4.92 Å². The smallest absolute Gasteiger partial charge is 0.295 e. The van der Waals surface area contributed by atoms with E-state index in [4.69, 9.17) is 0 Å². The van der Waals surface area contributed by atoms with Crippen molar-refractivity contribution >= 4 is 11.4 Å². The summed E-state index contributed by atoms with van der Waals surface area (Å²) in [6.45, 7) is 2.20. The van der Waals surface area contributed by atoms with Crippen LogP contribution in [-0.4, -0.2) is 15.1 Å². The summed E-state index contributed by atoms with van der Waals surface area (Å²) in [6, 6.07) is 7.02. The van der Waals surface area contributed by atoms with Gasteiger partial charge in [-0.05, 0) is 19.1 Å². The third-order valence-corrected chi connectivity index (χ3v) is 2.45. The lowest BCUT2D eigenvalue weighted by molar-refractivity contribution is -0.384. The highest BCUT2D eigenvalue weighted by atomic mass is 16.6. The van der Waals surface area contributed by atoms with Gasteiger partial charge in [0, 0.05) is 11.8 Å². The number of rotatable bonds is 4. The summed E-state index contributed by atoms with van der Waals surface area (Å²) in [5.74, 6) is 0. The fourth-order valence-corrected chi connectivity index (χ4v) is 1.62. The van der Waals surface area contributed by atoms with Gasteiger partial charge in [0.25, 0.3) is 5.69 Å². The van der Waals surface area contributed by atoms with Gasteiger partial charge in [0.2, 0.25) is 0 Å². The monoisotopic (exact) mass is 232 g/mol. The molecule has 0 aliphatic rings. The number of nitro benzene ring substituents is 1. The fraction of sp³-hybridized carbons (Fsp3) is 0.182. The number of hydrogen-bond acceptors (Lipinski definition) is 4. The molecule has 0 saturated carbocycles. The van der Waals surface area contributed by atoms with Crippen molar-refractivity contribution in [3.63, 3.8) is 0 Å². The first-order valence-electron chi connectivity index (χ1n) is 5.14. The van der Waals surface area contributed by atoms with Crippen molar-refractivity contribution in [1.82, 2.24) is 10.2 Å². The van der Waals surface area contributed by atoms with E-state index in [1.807, 2.05) is 6.07 Å². The second-order valence-electron chi connectivity index (χ2n) is 3.66. The zero-order chi connectivity index (χ0) is 12.3. The highest BCUT2D eigenvalue weighted by Crippen LogP contribution is 2.27. The number of para-hydroxylation sites is 1. The van der Waals surface area contributed by atoms with E-state index in [-0.39, 0.29) is 10.6 Å². The lowest BCUT2D eigenvalue weighted by Crippen LogP contribution is -2.04. The van der Waals surface area contributed by atoms with Crippen LogP contribution >= 0.6 is 0 Å². The predicted octanol–water partition coefficient (Wildman–Crippen LogP) is 2.24. The van der Waals surface area contributed by atoms with Crippen LogP contribution in [0, 0.1) is 17.0 Å². The largest absolute Gasteiger partial charge is 0.374 e. The lowest BCUT2D eigenvalue weighted by atomic mass is 10.1. The zero-order valence-electron chi connectivity index (χ0n) is 9.30. The average Bonchev–Trinajstić information content (AvgIpc) is 2.78. The molecule has 0 atom stereocenters. The minimum absolute atomic E-state index is 0.118. The fourth-order valence-electron chi connectivity index (χ4n) is 1.62. The van der Waals surface area contributed by atoms with E-state index in [1.54, 1.807) is 31.3 Å². The van der Waals surface area contributed by atoms with E-state index in [2.05, 4.69) is 15.5 Å². The molecule has 0 unspecified atom stereocenters. The SMILES string of the molecule is Cc1cccc(NCc2ccn[nH]2)c1[N+](=O)[O-]. The molecule has 0 spiro atoms. The predicted molar refractivity (Wildman–Crippen MR) is 63.7 cm³/mol. The summed E-state index contributed by atoms with van der Waals surface area (Å²) >= 11 is 0. The van der Waals surface area contributed by atoms with Crippen LogP contribution in [0.15, 0.2) is 30.5 Å². The third-order valence-electron chi connectivity index (χ3n) is 2.45. The summed E-state index contributed by atoms with van der Waals surface area (Å²) < 4.78 is 0. The van der Waals surface area contributed by atoms with Crippen LogP contribution < -0.4 is 5.32 Å². The Balaban J connectivity index is 2.21. The van der Waals surface area contributed by atoms with Gasteiger partial charge in [0.05, 0.1) is 17.2 Å². The van der Waals surface area contributed by atoms with Gasteiger partial charge >= 0.3 is 0 Å². The maximum Gasteiger partial charge on any atom is 0.295 e. The average molecular weight is 232 g/mol. The first-order valence-corrected chi connectivity index (χ1v) is 5.14. The Morgan fingerprint density at radius 2 is 2.29 bits per heavy atom. The molecule has 17 heavy (non-hydrogen) atoms. The molecule has 1 aromatic carbocycles. The Morgan fingerprint density at radius 3 is 2.94 bits per heavy atom. The molecule has 6 heteroatoms. The topological polar surface area (TPSA) is 83.8 Å². The molecule has 2 rings (SSSR count). The molecule has 0 aliphatic heterocycles. The highest BCUT2D eigenvalue weighted by Gasteiger charge is 2.16. The molecular weight excluding hydrogens is 220 g/mol. The highest BCUT2D eigenvalue weighted by molar-refractivity contribution is 5.64. The van der Waals surface area contributed by atoms with Crippen molar-refractivity contribution in [3.05, 3.63) is 51.8 Å². The molecule has 6 nitrogen and oxygen atoms in total. The minimum atomic E-state index is -0.370. The third kappa shape index (κ3) is 2.41. The quantitative estimate of drug-likeness (QED) is 0.625. The number of nitrogens with zero attached hydrogens (tertiary/aromatic N) is 2. The number of nitro groups is 1. The molecule has 0 radical (unpaired) electrons. The van der Waals surface area contributed by atoms with Gasteiger partial charge in [-0.1, -0.05) is 12.1 Å². The van der Waals surface area contributed by atoms with Gasteiger partial charge < -0.3 is 5.32 Å². The Labute approximate surface area is 97.8 Å². The molecule has 0 saturated heterocycles. The molecular formula is C11H12N4O2. The Hall–Kier alpha value is -2.37. The van der Waals surface area contributed by atoms with Crippen molar-refractivity contribution in [1.29, 1.82) is 0 Å². The molecule has 0 fully saturated rings. The summed E-state index contributed by atoms with van der Waals surface area (Å²) in [4.78, 5) is 10.6. The second kappa shape index (κ2) is 4.65. The van der Waals surface area contributed by atoms with E-state index >= 15 is 0 Å². The van der Waals surface area contributed by atoms with Gasteiger partial charge in [-0.15, -0.1) is 0 Å². The Kier molecular flexibility index (Phi) is 3.04. The van der Waals surface area contributed by atoms with Crippen LogP contribution in [0.25, 0.3) is 0 Å². The van der Waals surface area contributed by atoms with Crippen molar-refractivity contribution in [2.75, 3.05) is 5.32 Å². The number of aromatic amines is 1. The summed E-state index contributed by atoms with van der Waals surface area (Å²) in [5, 5.41) is 20.6. The van der Waals surface area contributed by atoms with Crippen LogP contribution in [-0.2, 0) is 6.54 Å². The second-order valence-corrected chi connectivity index (χ2v) is 3.66. The molecule has 2 N–H and O–H groups in total. The standard InChI is InChI=1S/C11H12N4O2/c1-8-3-2-4-10(11(8)15(16)17)12-7-9-5-6-13-14-9/h2-6,12H,7H2,1H3,(H,13,14). The maximum absolute atomic E-state index is 10.9. The van der Waals surface area contributed by atoms with Gasteiger partial charge in [0.1, 0.15) is 5.69 Å². The Morgan fingerprint density at radius 1 is 1.47 bits per heavy atom. The van der Waals surface area contributed by atoms with Crippen molar-refractivity contribution in [2.45, 2.75) is 13.5 Å². The normalized spacial score (nSPS) is 10.2. The summed E-state index contributed by atoms with van der Waals surface area (Å²) in [6.07, 6.45) is 1.64. The Bertz CT molecular complexity index is 522. The van der Waals surface area contributed by atoms with E-state index < -0.39 is 0 Å². The molecule has 0 aliphatic carbocycles. The van der Waals surface area contributed by atoms with Crippen LogP contribution in [0.4, 0.5) is 11.4 Å². The van der Waals surface area contributed by atoms with Gasteiger partial charge in [-0.2, -0.15) is 5.10 Å². The van der Waals surface area contributed by atoms with E-state index in [1.165, 1.54) is 0 Å². The van der Waals surface area contributed by atoms with Gasteiger partial charge in [0.15, 0.2) is 0 Å². The van der Waals surface area contributed by atoms with Gasteiger partial charge in [-0.3, -0.25) is 15.2 Å². The van der Waals surface area contributed by atoms with Crippen molar-refractivity contribution in [3.8, 4) is 0 Å². The lowest BCUT2D eigenvalue weighted by Gasteiger charge is -2.07. The first kappa shape index (κ1) is 11.1. The number of H-pyrrole nitrogens is 1. The number of benzene rings is 1. The first-order chi connectivity index (χ1) is 8.18. The van der Waals surface area contributed by atoms with Gasteiger partial charge in [-0.25, -0.2) is 0 Å². The molecule has 1 heterocycles. The summed E-state index contributed by atoms with van der Waals surface area (Å²) in [7, 11) is 0. The van der Waals surface area contributed by atoms with Crippen LogP contribution in [0.5, 0.6) is 0 Å². The molecule has 2 aromatic rings. The zero-order valence-corrected chi connectivity index (χ0v) is 9.30. The molecule has 88 valence electrons. The maximum atomic E-state index is 10.9. The van der Waals surface area contributed by atoms with Crippen LogP contribution in [0.2, 0.25) is 0 Å². The number of hydrogen-bond donors (Lipinski definition) is 2. The van der Waals surface area contributed by atoms with E-state index in [0.717, 1.165) is 5.69 Å². The minimum Gasteiger partial charge on any atom is -0.374 e. The number of aromatic nitrogens is 2. The molecule has 0 bridgehead atoms. The van der Waals surface area contributed by atoms with Crippen molar-refractivity contribution in [2.24, 2.45) is 0 Å². The van der Waals surface area contributed by atoms with E-state index in [9.17, 15) is 10.1 Å². The summed E-state index contributed by atoms with van der Waals surface area (Å²) in [5.41, 5.74) is 2.15. The van der Waals surface area contributed by atoms with Crippen LogP contribution in [0.3, 0.4) is 0 Å². The molecule has 1 aromatic heterocycles. The van der Waals surface area contributed by atoms with E-state index in [0.29, 0.717) is 17.8 Å². The van der Waals surface area contributed by atoms with Crippen LogP contribution in [0.1, 0.15) is 11.3 Å².